The van der Waals surface area contributed by atoms with E-state index < -0.39 is 0 Å². The number of likely N-dealkylation sites (N-methyl/N-ethyl adjacent to an activating group) is 1. The quantitative estimate of drug-likeness (QED) is 0.706. The van der Waals surface area contributed by atoms with Crippen LogP contribution in [0.4, 0.5) is 0 Å². The molecule has 1 aromatic rings. The van der Waals surface area contributed by atoms with Gasteiger partial charge in [-0.1, -0.05) is 30.3 Å². The Balaban J connectivity index is 2.71. The maximum Gasteiger partial charge on any atom is 0.0448 e. The van der Waals surface area contributed by atoms with E-state index in [0.29, 0.717) is 6.04 Å². The molecule has 3 N–H and O–H groups in total. The highest BCUT2D eigenvalue weighted by Gasteiger charge is 2.11. The standard InChI is InChI=1S/C10H16N2/c1-8(12-2)10(11)9-6-4-3-5-7-9/h3-8,10,12H,11H2,1-2H3/t8-,10+/m1/s1. The largest absolute Gasteiger partial charge is 0.323 e. The van der Waals surface area contributed by atoms with E-state index in [9.17, 15) is 0 Å². The third-order valence-electron chi connectivity index (χ3n) is 2.18. The highest BCUT2D eigenvalue weighted by Crippen LogP contribution is 2.12. The Hall–Kier alpha value is -0.860. The maximum atomic E-state index is 5.99. The Morgan fingerprint density at radius 3 is 2.33 bits per heavy atom. The summed E-state index contributed by atoms with van der Waals surface area (Å²) in [5.41, 5.74) is 7.17. The Morgan fingerprint density at radius 2 is 1.83 bits per heavy atom. The van der Waals surface area contributed by atoms with Gasteiger partial charge in [0.15, 0.2) is 0 Å². The zero-order chi connectivity index (χ0) is 8.97. The van der Waals surface area contributed by atoms with Gasteiger partial charge in [0.1, 0.15) is 0 Å². The third-order valence-corrected chi connectivity index (χ3v) is 2.18. The monoisotopic (exact) mass is 164 g/mol. The lowest BCUT2D eigenvalue weighted by atomic mass is 10.0. The van der Waals surface area contributed by atoms with Crippen molar-refractivity contribution in [3.63, 3.8) is 0 Å². The highest BCUT2D eigenvalue weighted by molar-refractivity contribution is 5.19. The zero-order valence-electron chi connectivity index (χ0n) is 7.62. The fourth-order valence-corrected chi connectivity index (χ4v) is 1.14. The van der Waals surface area contributed by atoms with Crippen molar-refractivity contribution in [2.75, 3.05) is 7.05 Å². The first kappa shape index (κ1) is 9.23. The average Bonchev–Trinajstić information content (AvgIpc) is 2.17. The van der Waals surface area contributed by atoms with E-state index in [0.717, 1.165) is 0 Å². The number of benzene rings is 1. The van der Waals surface area contributed by atoms with Crippen molar-refractivity contribution in [2.45, 2.75) is 19.0 Å². The van der Waals surface area contributed by atoms with Crippen molar-refractivity contribution in [2.24, 2.45) is 5.73 Å². The molecule has 0 bridgehead atoms. The van der Waals surface area contributed by atoms with Crippen LogP contribution >= 0.6 is 0 Å². The third kappa shape index (κ3) is 2.06. The normalized spacial score (nSPS) is 15.6. The summed E-state index contributed by atoms with van der Waals surface area (Å²) < 4.78 is 0. The molecule has 0 aliphatic carbocycles. The minimum Gasteiger partial charge on any atom is -0.323 e. The molecule has 2 atom stereocenters. The number of hydrogen-bond donors (Lipinski definition) is 2. The molecule has 0 aromatic heterocycles. The lowest BCUT2D eigenvalue weighted by Gasteiger charge is -2.19. The van der Waals surface area contributed by atoms with Gasteiger partial charge in [-0.15, -0.1) is 0 Å². The minimum absolute atomic E-state index is 0.0798. The number of rotatable bonds is 3. The molecule has 1 rings (SSSR count). The second-order valence-corrected chi connectivity index (χ2v) is 3.01. The van der Waals surface area contributed by atoms with Crippen molar-refractivity contribution in [3.05, 3.63) is 35.9 Å². The van der Waals surface area contributed by atoms with Crippen molar-refractivity contribution in [3.8, 4) is 0 Å². The topological polar surface area (TPSA) is 38.0 Å². The molecule has 1 aromatic carbocycles. The zero-order valence-corrected chi connectivity index (χ0v) is 7.62. The molecule has 0 unspecified atom stereocenters. The summed E-state index contributed by atoms with van der Waals surface area (Å²) in [6, 6.07) is 10.5. The van der Waals surface area contributed by atoms with Crippen molar-refractivity contribution in [1.82, 2.24) is 5.32 Å². The molecule has 0 radical (unpaired) electrons. The van der Waals surface area contributed by atoms with E-state index in [2.05, 4.69) is 24.4 Å². The van der Waals surface area contributed by atoms with Gasteiger partial charge in [0, 0.05) is 12.1 Å². The van der Waals surface area contributed by atoms with Crippen LogP contribution < -0.4 is 11.1 Å². The van der Waals surface area contributed by atoms with Gasteiger partial charge in [0.2, 0.25) is 0 Å². The summed E-state index contributed by atoms with van der Waals surface area (Å²) in [7, 11) is 1.92. The highest BCUT2D eigenvalue weighted by atomic mass is 14.9. The molecule has 0 saturated carbocycles. The summed E-state index contributed by atoms with van der Waals surface area (Å²) in [4.78, 5) is 0. The van der Waals surface area contributed by atoms with E-state index in [1.165, 1.54) is 5.56 Å². The lowest BCUT2D eigenvalue weighted by molar-refractivity contribution is 0.507. The minimum atomic E-state index is 0.0798. The van der Waals surface area contributed by atoms with E-state index in [4.69, 9.17) is 5.73 Å². The number of nitrogens with one attached hydrogen (secondary N) is 1. The van der Waals surface area contributed by atoms with E-state index in [1.54, 1.807) is 0 Å². The molecule has 0 aliphatic heterocycles. The molecule has 0 spiro atoms. The van der Waals surface area contributed by atoms with E-state index in [1.807, 2.05) is 25.2 Å². The first-order valence-electron chi connectivity index (χ1n) is 4.23. The van der Waals surface area contributed by atoms with E-state index in [-0.39, 0.29) is 6.04 Å². The molecule has 2 heteroatoms. The maximum absolute atomic E-state index is 5.99. The van der Waals surface area contributed by atoms with Gasteiger partial charge in [-0.25, -0.2) is 0 Å². The Morgan fingerprint density at radius 1 is 1.25 bits per heavy atom. The number of nitrogens with two attached hydrogens (primary N) is 1. The summed E-state index contributed by atoms with van der Waals surface area (Å²) >= 11 is 0. The van der Waals surface area contributed by atoms with Crippen LogP contribution in [0.15, 0.2) is 30.3 Å². The van der Waals surface area contributed by atoms with Gasteiger partial charge in [0.25, 0.3) is 0 Å². The van der Waals surface area contributed by atoms with Crippen LogP contribution in [-0.2, 0) is 0 Å². The van der Waals surface area contributed by atoms with Crippen LogP contribution in [0.5, 0.6) is 0 Å². The molecule has 0 amide bonds. The summed E-state index contributed by atoms with van der Waals surface area (Å²) in [5.74, 6) is 0. The SMILES string of the molecule is CN[C@H](C)[C@H](N)c1ccccc1. The second kappa shape index (κ2) is 4.24. The summed E-state index contributed by atoms with van der Waals surface area (Å²) in [5, 5.41) is 3.14. The van der Waals surface area contributed by atoms with Crippen LogP contribution in [0.3, 0.4) is 0 Å². The fraction of sp³-hybridized carbons (Fsp3) is 0.400. The second-order valence-electron chi connectivity index (χ2n) is 3.01. The molecular weight excluding hydrogens is 148 g/mol. The van der Waals surface area contributed by atoms with Crippen molar-refractivity contribution >= 4 is 0 Å². The van der Waals surface area contributed by atoms with Crippen LogP contribution in [-0.4, -0.2) is 13.1 Å². The predicted octanol–water partition coefficient (Wildman–Crippen LogP) is 1.29. The van der Waals surface area contributed by atoms with Gasteiger partial charge in [-0.05, 0) is 19.5 Å². The smallest absolute Gasteiger partial charge is 0.0448 e. The first-order valence-corrected chi connectivity index (χ1v) is 4.23. The molecule has 2 nitrogen and oxygen atoms in total. The molecule has 0 saturated heterocycles. The molecule has 0 fully saturated rings. The molecular formula is C10H16N2. The molecule has 0 heterocycles. The van der Waals surface area contributed by atoms with Gasteiger partial charge in [0.05, 0.1) is 0 Å². The van der Waals surface area contributed by atoms with Gasteiger partial charge in [-0.2, -0.15) is 0 Å². The molecule has 0 aliphatic rings. The van der Waals surface area contributed by atoms with Crippen molar-refractivity contribution in [1.29, 1.82) is 0 Å². The average molecular weight is 164 g/mol. The van der Waals surface area contributed by atoms with Crippen LogP contribution in [0.2, 0.25) is 0 Å². The van der Waals surface area contributed by atoms with Crippen LogP contribution in [0, 0.1) is 0 Å². The molecule has 66 valence electrons. The summed E-state index contributed by atoms with van der Waals surface area (Å²) in [6.07, 6.45) is 0. The van der Waals surface area contributed by atoms with Crippen LogP contribution in [0.25, 0.3) is 0 Å². The van der Waals surface area contributed by atoms with Gasteiger partial charge < -0.3 is 11.1 Å². The predicted molar refractivity (Wildman–Crippen MR) is 51.9 cm³/mol. The summed E-state index contributed by atoms with van der Waals surface area (Å²) in [6.45, 7) is 2.08. The Kier molecular flexibility index (Phi) is 3.26. The fourth-order valence-electron chi connectivity index (χ4n) is 1.14. The van der Waals surface area contributed by atoms with Gasteiger partial charge >= 0.3 is 0 Å². The Bertz CT molecular complexity index is 221. The van der Waals surface area contributed by atoms with Crippen molar-refractivity contribution < 1.29 is 0 Å². The first-order chi connectivity index (χ1) is 5.75. The molecule has 12 heavy (non-hydrogen) atoms. The lowest BCUT2D eigenvalue weighted by Crippen LogP contribution is -2.34. The number of hydrogen-bond acceptors (Lipinski definition) is 2. The van der Waals surface area contributed by atoms with E-state index >= 15 is 0 Å². The van der Waals surface area contributed by atoms with Crippen LogP contribution in [0.1, 0.15) is 18.5 Å². The van der Waals surface area contributed by atoms with Gasteiger partial charge in [-0.3, -0.25) is 0 Å². The Labute approximate surface area is 73.8 Å².